The van der Waals surface area contributed by atoms with Gasteiger partial charge in [-0.05, 0) is 19.4 Å². The molecule has 0 bridgehead atoms. The van der Waals surface area contributed by atoms with E-state index < -0.39 is 12.0 Å². The number of hydrogen-bond acceptors (Lipinski definition) is 3. The number of aliphatic hydroxyl groups excluding tert-OH is 1. The van der Waals surface area contributed by atoms with Crippen molar-refractivity contribution in [3.63, 3.8) is 0 Å². The minimum Gasteiger partial charge on any atom is 0 e. The summed E-state index contributed by atoms with van der Waals surface area (Å²) in [4.78, 5) is 10.4. The second-order valence-electron chi connectivity index (χ2n) is 2.36. The van der Waals surface area contributed by atoms with Gasteiger partial charge in [-0.15, -0.1) is 0 Å². The van der Waals surface area contributed by atoms with Crippen LogP contribution in [0.1, 0.15) is 19.8 Å². The topological polar surface area (TPSA) is 69.6 Å². The number of carbonyl (C=O) groups is 1. The predicted molar refractivity (Wildman–Crippen MR) is 50.0 cm³/mol. The fourth-order valence-electron chi connectivity index (χ4n) is 0.761. The molecule has 0 saturated carbocycles. The molecule has 0 aromatic heterocycles. The zero-order chi connectivity index (χ0) is 8.69. The Bertz CT molecular complexity index is 126. The van der Waals surface area contributed by atoms with Crippen LogP contribution in [0.15, 0.2) is 0 Å². The standard InChI is InChI=1S/C7H15NO3.Ca.Rn.2H/c1-2-4-8-6(3-5-9)7(10)11;;;;/h6,8-9H,2-5H2,1H3,(H,10,11);;;;. The Morgan fingerprint density at radius 3 is 2.38 bits per heavy atom. The summed E-state index contributed by atoms with van der Waals surface area (Å²) in [5.74, 6) is -0.896. The van der Waals surface area contributed by atoms with E-state index in [1.165, 1.54) is 0 Å². The van der Waals surface area contributed by atoms with Crippen molar-refractivity contribution in [1.82, 2.24) is 5.32 Å². The third kappa shape index (κ3) is 12.7. The molecule has 0 aliphatic rings. The average Bonchev–Trinajstić information content (AvgIpc) is 1.97. The van der Waals surface area contributed by atoms with Crippen LogP contribution < -0.4 is 5.32 Å². The van der Waals surface area contributed by atoms with Gasteiger partial charge in [0.2, 0.25) is 0 Å². The molecule has 6 heteroatoms. The quantitative estimate of drug-likeness (QED) is 0.473. The van der Waals surface area contributed by atoms with E-state index in [1.807, 2.05) is 6.92 Å². The summed E-state index contributed by atoms with van der Waals surface area (Å²) in [6.45, 7) is 2.55. The first kappa shape index (κ1) is 21.1. The normalized spacial score (nSPS) is 10.9. The molecule has 0 rings (SSSR count). The van der Waals surface area contributed by atoms with Gasteiger partial charge < -0.3 is 15.5 Å². The molecule has 1 atom stereocenters. The van der Waals surface area contributed by atoms with Crippen molar-refractivity contribution in [1.29, 1.82) is 0 Å². The molecule has 0 heterocycles. The third-order valence-corrected chi connectivity index (χ3v) is 1.36. The number of carboxylic acid groups (broad SMARTS) is 1. The number of hydrogen-bond donors (Lipinski definition) is 3. The van der Waals surface area contributed by atoms with E-state index in [4.69, 9.17) is 10.2 Å². The van der Waals surface area contributed by atoms with Gasteiger partial charge in [0, 0.05) is 78.5 Å². The van der Waals surface area contributed by atoms with Crippen LogP contribution in [0.4, 0.5) is 0 Å². The van der Waals surface area contributed by atoms with E-state index in [1.54, 1.807) is 0 Å². The molecule has 78 valence electrons. The summed E-state index contributed by atoms with van der Waals surface area (Å²) in [6.07, 6.45) is 1.17. The van der Waals surface area contributed by atoms with Crippen LogP contribution in [0.5, 0.6) is 0 Å². The molecule has 0 amide bonds. The van der Waals surface area contributed by atoms with Gasteiger partial charge in [0.1, 0.15) is 6.04 Å². The molecule has 0 aliphatic heterocycles. The first-order chi connectivity index (χ1) is 5.22. The van der Waals surface area contributed by atoms with Crippen molar-refractivity contribution in [3.8, 4) is 0 Å². The smallest absolute Gasteiger partial charge is 0 e. The molecule has 0 aliphatic carbocycles. The first-order valence-corrected chi connectivity index (χ1v) is 3.79. The summed E-state index contributed by atoms with van der Waals surface area (Å²) < 4.78 is 0. The third-order valence-electron chi connectivity index (χ3n) is 1.36. The second-order valence-corrected chi connectivity index (χ2v) is 2.36. The summed E-state index contributed by atoms with van der Waals surface area (Å²) in [6, 6.07) is -0.597. The Morgan fingerprint density at radius 2 is 2.08 bits per heavy atom. The van der Waals surface area contributed by atoms with Gasteiger partial charge in [-0.25, -0.2) is 0 Å². The largest absolute Gasteiger partial charge is 0 e. The Morgan fingerprint density at radius 1 is 1.54 bits per heavy atom. The van der Waals surface area contributed by atoms with E-state index in [-0.39, 0.29) is 123 Å². The van der Waals surface area contributed by atoms with Gasteiger partial charge in [-0.3, -0.25) is 4.79 Å². The summed E-state index contributed by atoms with van der Waals surface area (Å²) >= 11 is 0. The first-order valence-electron chi connectivity index (χ1n) is 3.79. The summed E-state index contributed by atoms with van der Waals surface area (Å²) in [7, 11) is 0. The van der Waals surface area contributed by atoms with Crippen LogP contribution in [0.25, 0.3) is 0 Å². The van der Waals surface area contributed by atoms with Crippen LogP contribution >= 0.6 is 0 Å². The molecule has 0 radical (unpaired) electrons. The number of nitrogens with one attached hydrogen (secondary N) is 1. The Hall–Kier alpha value is 2.77. The molecule has 4 nitrogen and oxygen atoms in total. The fourth-order valence-corrected chi connectivity index (χ4v) is 0.761. The van der Waals surface area contributed by atoms with E-state index in [0.717, 1.165) is 6.42 Å². The Balaban J connectivity index is -0.000000500. The minimum absolute atomic E-state index is 0. The monoisotopic (exact) mass is 425 g/mol. The maximum absolute atomic E-state index is 10.4. The number of carboxylic acids is 1. The van der Waals surface area contributed by atoms with Crippen molar-refractivity contribution in [2.24, 2.45) is 0 Å². The van der Waals surface area contributed by atoms with Crippen LogP contribution in [-0.2, 0) is 4.79 Å². The van der Waals surface area contributed by atoms with Gasteiger partial charge in [0.25, 0.3) is 0 Å². The average molecular weight is 425 g/mol. The number of aliphatic carboxylic acids is 1. The molecule has 3 N–H and O–H groups in total. The van der Waals surface area contributed by atoms with Crippen molar-refractivity contribution < 1.29 is 86.9 Å². The van der Waals surface area contributed by atoms with Gasteiger partial charge in [-0.2, -0.15) is 0 Å². The van der Waals surface area contributed by atoms with Crippen molar-refractivity contribution in [3.05, 3.63) is 0 Å². The van der Waals surface area contributed by atoms with Gasteiger partial charge >= 0.3 is 43.7 Å². The second kappa shape index (κ2) is 14.8. The maximum atomic E-state index is 10.4. The predicted octanol–water partition coefficient (Wildman–Crippen LogP) is -1.09. The maximum Gasteiger partial charge on any atom is 0 e. The van der Waals surface area contributed by atoms with Crippen molar-refractivity contribution in [2.45, 2.75) is 25.8 Å². The Kier molecular flexibility index (Phi) is 24.0. The summed E-state index contributed by atoms with van der Waals surface area (Å²) in [5.41, 5.74) is 0. The molecule has 0 saturated heterocycles. The molecule has 0 aromatic rings. The van der Waals surface area contributed by atoms with Crippen molar-refractivity contribution in [2.75, 3.05) is 13.2 Å². The fraction of sp³-hybridized carbons (Fsp3) is 0.857. The SMILES string of the molecule is CCCNC(CCO)C(=O)O.[CaH2].[Rn]. The zero-order valence-corrected chi connectivity index (χ0v) is 9.81. The zero-order valence-electron chi connectivity index (χ0n) is 7.06. The molecule has 0 aromatic carbocycles. The van der Waals surface area contributed by atoms with Crippen LogP contribution in [0, 0.1) is 71.9 Å². The van der Waals surface area contributed by atoms with Gasteiger partial charge in [-0.1, -0.05) is 6.92 Å². The van der Waals surface area contributed by atoms with Crippen molar-refractivity contribution >= 4 is 43.7 Å². The van der Waals surface area contributed by atoms with E-state index in [2.05, 4.69) is 5.32 Å². The van der Waals surface area contributed by atoms with Crippen LogP contribution in [-0.4, -0.2) is 73.1 Å². The van der Waals surface area contributed by atoms with E-state index in [9.17, 15) is 4.79 Å². The molecule has 0 spiro atoms. The summed E-state index contributed by atoms with van der Waals surface area (Å²) in [5, 5.41) is 19.8. The number of aliphatic hydroxyl groups is 1. The Labute approximate surface area is 170 Å². The number of rotatable bonds is 6. The van der Waals surface area contributed by atoms with Gasteiger partial charge in [0.05, 0.1) is 0 Å². The molecule has 1 unspecified atom stereocenters. The molecule has 0 fully saturated rings. The van der Waals surface area contributed by atoms with Crippen LogP contribution in [0.3, 0.4) is 0 Å². The molecular weight excluding hydrogens is 408 g/mol. The minimum atomic E-state index is -0.896. The van der Waals surface area contributed by atoms with E-state index in [0.29, 0.717) is 6.54 Å². The molecule has 13 heavy (non-hydrogen) atoms. The van der Waals surface area contributed by atoms with Crippen LogP contribution in [0.2, 0.25) is 0 Å². The van der Waals surface area contributed by atoms with E-state index >= 15 is 0 Å². The molecular formula is C7H17CaNO3Rn. The van der Waals surface area contributed by atoms with Gasteiger partial charge in [0.15, 0.2) is 0 Å².